The molecule has 1 aliphatic heterocycles. The van der Waals surface area contributed by atoms with Crippen LogP contribution in [0.15, 0.2) is 36.0 Å². The van der Waals surface area contributed by atoms with E-state index < -0.39 is 0 Å². The second-order valence-corrected chi connectivity index (χ2v) is 7.62. The Bertz CT molecular complexity index is 832. The van der Waals surface area contributed by atoms with Crippen molar-refractivity contribution in [2.45, 2.75) is 26.3 Å². The number of hydrogen-bond donors (Lipinski definition) is 1. The number of amides is 1. The fourth-order valence-electron chi connectivity index (χ4n) is 3.02. The molecule has 0 bridgehead atoms. The summed E-state index contributed by atoms with van der Waals surface area (Å²) in [5.74, 6) is -0.407. The summed E-state index contributed by atoms with van der Waals surface area (Å²) in [5.41, 5.74) is 3.09. The Morgan fingerprint density at radius 1 is 1.26 bits per heavy atom. The summed E-state index contributed by atoms with van der Waals surface area (Å²) in [5, 5.41) is 3.38. The number of piperidine rings is 1. The lowest BCUT2D eigenvalue weighted by Gasteiger charge is -2.27. The number of thiazole rings is 1. The number of nitrogens with zero attached hydrogens (tertiary/aromatic N) is 2. The third kappa shape index (κ3) is 5.48. The third-order valence-electron chi connectivity index (χ3n) is 4.42. The number of carbonyl (C=O) groups excluding carboxylic acids is 2. The Kier molecular flexibility index (Phi) is 6.36. The Hall–Kier alpha value is -2.51. The topological polar surface area (TPSA) is 71.5 Å². The van der Waals surface area contributed by atoms with Gasteiger partial charge in [0.25, 0.3) is 0 Å². The number of nitrogens with one attached hydrogen (secondary N) is 1. The second kappa shape index (κ2) is 8.92. The summed E-state index contributed by atoms with van der Waals surface area (Å²) < 4.78 is 4.72. The SMILES string of the molecule is COC(=O)c1ccc(C=C2CCN(Cc3cnc(NC(C)=O)s3)CC2)cc1. The van der Waals surface area contributed by atoms with Crippen LogP contribution in [0.2, 0.25) is 0 Å². The van der Waals surface area contributed by atoms with E-state index in [-0.39, 0.29) is 11.9 Å². The lowest BCUT2D eigenvalue weighted by Crippen LogP contribution is -2.29. The van der Waals surface area contributed by atoms with Crippen molar-refractivity contribution in [3.8, 4) is 0 Å². The van der Waals surface area contributed by atoms with Crippen LogP contribution >= 0.6 is 11.3 Å². The molecule has 0 radical (unpaired) electrons. The highest BCUT2D eigenvalue weighted by molar-refractivity contribution is 7.15. The highest BCUT2D eigenvalue weighted by Crippen LogP contribution is 2.24. The largest absolute Gasteiger partial charge is 0.465 e. The van der Waals surface area contributed by atoms with Crippen LogP contribution in [0, 0.1) is 0 Å². The van der Waals surface area contributed by atoms with Crippen molar-refractivity contribution in [1.82, 2.24) is 9.88 Å². The van der Waals surface area contributed by atoms with Gasteiger partial charge in [0.15, 0.2) is 5.13 Å². The van der Waals surface area contributed by atoms with Crippen LogP contribution in [0.5, 0.6) is 0 Å². The smallest absolute Gasteiger partial charge is 0.337 e. The molecule has 1 aromatic carbocycles. The number of benzene rings is 1. The van der Waals surface area contributed by atoms with E-state index in [1.807, 2.05) is 18.3 Å². The Morgan fingerprint density at radius 2 is 1.96 bits per heavy atom. The van der Waals surface area contributed by atoms with Crippen molar-refractivity contribution in [2.24, 2.45) is 0 Å². The minimum Gasteiger partial charge on any atom is -0.465 e. The lowest BCUT2D eigenvalue weighted by molar-refractivity contribution is -0.114. The minimum atomic E-state index is -0.313. The minimum absolute atomic E-state index is 0.0942. The molecular weight excluding hydrogens is 362 g/mol. The van der Waals surface area contributed by atoms with Gasteiger partial charge in [0.05, 0.1) is 12.7 Å². The molecule has 1 aromatic heterocycles. The maximum atomic E-state index is 11.5. The molecule has 3 rings (SSSR count). The summed E-state index contributed by atoms with van der Waals surface area (Å²) in [4.78, 5) is 30.4. The van der Waals surface area contributed by atoms with E-state index in [9.17, 15) is 9.59 Å². The third-order valence-corrected chi connectivity index (χ3v) is 5.31. The van der Waals surface area contributed by atoms with Gasteiger partial charge in [-0.25, -0.2) is 9.78 Å². The Balaban J connectivity index is 1.52. The normalized spacial score (nSPS) is 14.7. The monoisotopic (exact) mass is 385 g/mol. The number of likely N-dealkylation sites (tertiary alicyclic amines) is 1. The lowest BCUT2D eigenvalue weighted by atomic mass is 10.0. The molecular formula is C20H23N3O3S. The summed E-state index contributed by atoms with van der Waals surface area (Å²) in [7, 11) is 1.39. The standard InChI is InChI=1S/C20H23N3O3S/c1-14(24)22-20-21-12-18(27-20)13-23-9-7-16(8-10-23)11-15-3-5-17(6-4-15)19(25)26-2/h3-6,11-12H,7-10,13H2,1-2H3,(H,21,22,24). The molecule has 142 valence electrons. The number of hydrogen-bond acceptors (Lipinski definition) is 6. The Labute approximate surface area is 162 Å². The molecule has 2 aromatic rings. The molecule has 0 spiro atoms. The van der Waals surface area contributed by atoms with Crippen LogP contribution in [0.25, 0.3) is 6.08 Å². The summed E-state index contributed by atoms with van der Waals surface area (Å²) in [6, 6.07) is 7.49. The van der Waals surface area contributed by atoms with E-state index in [2.05, 4.69) is 21.3 Å². The van der Waals surface area contributed by atoms with Gasteiger partial charge >= 0.3 is 5.97 Å². The molecule has 1 amide bonds. The van der Waals surface area contributed by atoms with Crippen molar-refractivity contribution in [2.75, 3.05) is 25.5 Å². The highest BCUT2D eigenvalue weighted by atomic mass is 32.1. The predicted molar refractivity (Wildman–Crippen MR) is 107 cm³/mol. The molecule has 0 aliphatic carbocycles. The van der Waals surface area contributed by atoms with Gasteiger partial charge in [0.2, 0.25) is 5.91 Å². The summed E-state index contributed by atoms with van der Waals surface area (Å²) in [6.45, 7) is 4.35. The molecule has 2 heterocycles. The predicted octanol–water partition coefficient (Wildman–Crippen LogP) is 3.57. The number of esters is 1. The average Bonchev–Trinajstić information content (AvgIpc) is 3.09. The molecule has 1 aliphatic rings. The molecule has 1 saturated heterocycles. The van der Waals surface area contributed by atoms with Crippen LogP contribution in [0.4, 0.5) is 5.13 Å². The fourth-order valence-corrected chi connectivity index (χ4v) is 3.92. The number of ether oxygens (including phenoxy) is 1. The zero-order valence-corrected chi connectivity index (χ0v) is 16.3. The average molecular weight is 385 g/mol. The Morgan fingerprint density at radius 3 is 2.59 bits per heavy atom. The van der Waals surface area contributed by atoms with Crippen molar-refractivity contribution in [3.63, 3.8) is 0 Å². The van der Waals surface area contributed by atoms with Gasteiger partial charge < -0.3 is 10.1 Å². The van der Waals surface area contributed by atoms with Crippen molar-refractivity contribution in [3.05, 3.63) is 52.0 Å². The molecule has 27 heavy (non-hydrogen) atoms. The fraction of sp³-hybridized carbons (Fsp3) is 0.350. The molecule has 7 heteroatoms. The zero-order valence-electron chi connectivity index (χ0n) is 15.5. The van der Waals surface area contributed by atoms with E-state index in [4.69, 9.17) is 4.74 Å². The number of rotatable bonds is 5. The summed E-state index contributed by atoms with van der Waals surface area (Å²) in [6.07, 6.45) is 6.09. The number of methoxy groups -OCH3 is 1. The van der Waals surface area contributed by atoms with E-state index in [1.54, 1.807) is 12.1 Å². The quantitative estimate of drug-likeness (QED) is 0.797. The van der Waals surface area contributed by atoms with Crippen molar-refractivity contribution < 1.29 is 14.3 Å². The maximum absolute atomic E-state index is 11.5. The highest BCUT2D eigenvalue weighted by Gasteiger charge is 2.15. The molecule has 1 N–H and O–H groups in total. The first kappa shape index (κ1) is 19.3. The van der Waals surface area contributed by atoms with Crippen LogP contribution in [-0.4, -0.2) is 42.0 Å². The molecule has 0 saturated carbocycles. The maximum Gasteiger partial charge on any atom is 0.337 e. The molecule has 6 nitrogen and oxygen atoms in total. The van der Waals surface area contributed by atoms with Gasteiger partial charge in [-0.15, -0.1) is 11.3 Å². The van der Waals surface area contributed by atoms with E-state index >= 15 is 0 Å². The van der Waals surface area contributed by atoms with Crippen LogP contribution in [0.1, 0.15) is 40.6 Å². The van der Waals surface area contributed by atoms with Crippen LogP contribution < -0.4 is 5.32 Å². The first-order valence-corrected chi connectivity index (χ1v) is 9.67. The van der Waals surface area contributed by atoms with Gasteiger partial charge in [0.1, 0.15) is 0 Å². The molecule has 1 fully saturated rings. The number of carbonyl (C=O) groups is 2. The molecule has 0 atom stereocenters. The van der Waals surface area contributed by atoms with Crippen molar-refractivity contribution in [1.29, 1.82) is 0 Å². The van der Waals surface area contributed by atoms with Gasteiger partial charge in [0, 0.05) is 37.6 Å². The summed E-state index contributed by atoms with van der Waals surface area (Å²) >= 11 is 1.53. The van der Waals surface area contributed by atoms with E-state index in [0.717, 1.165) is 42.9 Å². The van der Waals surface area contributed by atoms with Crippen LogP contribution in [-0.2, 0) is 16.1 Å². The van der Waals surface area contributed by atoms with E-state index in [1.165, 1.54) is 30.9 Å². The molecule has 0 unspecified atom stereocenters. The van der Waals surface area contributed by atoms with E-state index in [0.29, 0.717) is 10.7 Å². The van der Waals surface area contributed by atoms with Gasteiger partial charge in [-0.05, 0) is 30.5 Å². The van der Waals surface area contributed by atoms with Gasteiger partial charge in [-0.1, -0.05) is 23.8 Å². The van der Waals surface area contributed by atoms with Crippen LogP contribution in [0.3, 0.4) is 0 Å². The first-order chi connectivity index (χ1) is 13.0. The zero-order chi connectivity index (χ0) is 19.2. The first-order valence-electron chi connectivity index (χ1n) is 8.86. The number of anilines is 1. The second-order valence-electron chi connectivity index (χ2n) is 6.51. The van der Waals surface area contributed by atoms with Gasteiger partial charge in [-0.3, -0.25) is 9.69 Å². The van der Waals surface area contributed by atoms with Crippen molar-refractivity contribution >= 4 is 34.4 Å². The number of aromatic nitrogens is 1. The van der Waals surface area contributed by atoms with Gasteiger partial charge in [-0.2, -0.15) is 0 Å².